The Morgan fingerprint density at radius 1 is 1.33 bits per heavy atom. The zero-order valence-electron chi connectivity index (χ0n) is 12.0. The SMILES string of the molecule is CCCCN=C(N)Nc1nc(-c2cccc(CN)n2)cs1. The summed E-state index contributed by atoms with van der Waals surface area (Å²) in [7, 11) is 0. The minimum absolute atomic E-state index is 0.396. The molecule has 0 saturated carbocycles. The standard InChI is InChI=1S/C14H20N6S/c1-2-3-7-17-13(16)20-14-19-12(9-21-14)11-6-4-5-10(8-15)18-11/h4-6,9H,2-3,7-8,15H2,1H3,(H3,16,17,19,20). The van der Waals surface area contributed by atoms with Crippen molar-refractivity contribution < 1.29 is 0 Å². The van der Waals surface area contributed by atoms with Gasteiger partial charge >= 0.3 is 0 Å². The molecule has 0 fully saturated rings. The van der Waals surface area contributed by atoms with Crippen LogP contribution in [0, 0.1) is 0 Å². The first-order valence-corrected chi connectivity index (χ1v) is 7.79. The molecule has 2 aromatic rings. The summed E-state index contributed by atoms with van der Waals surface area (Å²) in [5.41, 5.74) is 13.9. The molecule has 0 spiro atoms. The fraction of sp³-hybridized carbons (Fsp3) is 0.357. The molecule has 0 aliphatic heterocycles. The number of hydrogen-bond donors (Lipinski definition) is 3. The van der Waals surface area contributed by atoms with Crippen LogP contribution in [-0.4, -0.2) is 22.5 Å². The van der Waals surface area contributed by atoms with E-state index in [1.165, 1.54) is 11.3 Å². The zero-order chi connectivity index (χ0) is 15.1. The topological polar surface area (TPSA) is 102 Å². The molecule has 0 atom stereocenters. The summed E-state index contributed by atoms with van der Waals surface area (Å²) in [6, 6.07) is 5.74. The Labute approximate surface area is 128 Å². The maximum absolute atomic E-state index is 5.81. The summed E-state index contributed by atoms with van der Waals surface area (Å²) in [5, 5.41) is 5.65. The van der Waals surface area contributed by atoms with E-state index in [-0.39, 0.29) is 0 Å². The van der Waals surface area contributed by atoms with Gasteiger partial charge in [0.05, 0.1) is 11.4 Å². The minimum atomic E-state index is 0.396. The summed E-state index contributed by atoms with van der Waals surface area (Å²) >= 11 is 1.47. The number of nitrogens with two attached hydrogens (primary N) is 2. The highest BCUT2D eigenvalue weighted by molar-refractivity contribution is 7.14. The quantitative estimate of drug-likeness (QED) is 0.431. The highest BCUT2D eigenvalue weighted by atomic mass is 32.1. The fourth-order valence-electron chi connectivity index (χ4n) is 1.69. The van der Waals surface area contributed by atoms with Gasteiger partial charge in [-0.25, -0.2) is 9.97 Å². The maximum atomic E-state index is 5.81. The summed E-state index contributed by atoms with van der Waals surface area (Å²) in [4.78, 5) is 13.1. The Morgan fingerprint density at radius 3 is 2.95 bits per heavy atom. The third-order valence-electron chi connectivity index (χ3n) is 2.81. The van der Waals surface area contributed by atoms with Crippen molar-refractivity contribution in [2.45, 2.75) is 26.3 Å². The van der Waals surface area contributed by atoms with E-state index in [0.29, 0.717) is 17.6 Å². The van der Waals surface area contributed by atoms with Gasteiger partial charge in [0.25, 0.3) is 0 Å². The van der Waals surface area contributed by atoms with Gasteiger partial charge in [-0.2, -0.15) is 0 Å². The van der Waals surface area contributed by atoms with Crippen LogP contribution in [0.2, 0.25) is 0 Å². The van der Waals surface area contributed by atoms with Gasteiger partial charge in [0.15, 0.2) is 11.1 Å². The van der Waals surface area contributed by atoms with E-state index in [1.54, 1.807) is 0 Å². The van der Waals surface area contributed by atoms with Crippen molar-refractivity contribution in [3.63, 3.8) is 0 Å². The second-order valence-corrected chi connectivity index (χ2v) is 5.36. The molecule has 2 heterocycles. The van der Waals surface area contributed by atoms with Gasteiger partial charge < -0.3 is 16.8 Å². The third kappa shape index (κ3) is 4.51. The lowest BCUT2D eigenvalue weighted by Gasteiger charge is -2.01. The molecule has 2 rings (SSSR count). The lowest BCUT2D eigenvalue weighted by atomic mass is 10.2. The number of hydrogen-bond acceptors (Lipinski definition) is 5. The van der Waals surface area contributed by atoms with Crippen LogP contribution in [0.5, 0.6) is 0 Å². The van der Waals surface area contributed by atoms with Crippen molar-refractivity contribution in [2.75, 3.05) is 11.9 Å². The van der Waals surface area contributed by atoms with Crippen LogP contribution < -0.4 is 16.8 Å². The Kier molecular flexibility index (Phi) is 5.65. The van der Waals surface area contributed by atoms with Crippen LogP contribution in [0.3, 0.4) is 0 Å². The summed E-state index contributed by atoms with van der Waals surface area (Å²) in [6.07, 6.45) is 2.13. The van der Waals surface area contributed by atoms with E-state index in [1.807, 2.05) is 23.6 Å². The predicted molar refractivity (Wildman–Crippen MR) is 88.3 cm³/mol. The van der Waals surface area contributed by atoms with Gasteiger partial charge in [-0.05, 0) is 18.6 Å². The van der Waals surface area contributed by atoms with Gasteiger partial charge in [-0.1, -0.05) is 19.4 Å². The second kappa shape index (κ2) is 7.70. The number of nitrogens with one attached hydrogen (secondary N) is 1. The molecule has 0 bridgehead atoms. The molecule has 7 heteroatoms. The molecule has 112 valence electrons. The highest BCUT2D eigenvalue weighted by Gasteiger charge is 2.07. The monoisotopic (exact) mass is 304 g/mol. The third-order valence-corrected chi connectivity index (χ3v) is 3.57. The molecule has 0 saturated heterocycles. The fourth-order valence-corrected chi connectivity index (χ4v) is 2.40. The molecule has 6 nitrogen and oxygen atoms in total. The number of aromatic nitrogens is 2. The first-order valence-electron chi connectivity index (χ1n) is 6.91. The van der Waals surface area contributed by atoms with Crippen molar-refractivity contribution in [3.8, 4) is 11.4 Å². The molecule has 0 radical (unpaired) electrons. The summed E-state index contributed by atoms with van der Waals surface area (Å²) < 4.78 is 0. The normalized spacial score (nSPS) is 11.6. The lowest BCUT2D eigenvalue weighted by molar-refractivity contribution is 0.807. The van der Waals surface area contributed by atoms with Gasteiger partial charge in [-0.15, -0.1) is 11.3 Å². The average Bonchev–Trinajstić information content (AvgIpc) is 2.96. The number of thiazole rings is 1. The number of pyridine rings is 1. The molecule has 21 heavy (non-hydrogen) atoms. The number of anilines is 1. The number of unbranched alkanes of at least 4 members (excludes halogenated alkanes) is 1. The molecule has 0 aromatic carbocycles. The summed E-state index contributed by atoms with van der Waals surface area (Å²) in [6.45, 7) is 3.27. The van der Waals surface area contributed by atoms with E-state index in [9.17, 15) is 0 Å². The molecular formula is C14H20N6S. The maximum Gasteiger partial charge on any atom is 0.194 e. The average molecular weight is 304 g/mol. The highest BCUT2D eigenvalue weighted by Crippen LogP contribution is 2.23. The van der Waals surface area contributed by atoms with Crippen LogP contribution in [0.15, 0.2) is 28.6 Å². The molecule has 5 N–H and O–H groups in total. The minimum Gasteiger partial charge on any atom is -0.370 e. The van der Waals surface area contributed by atoms with Crippen molar-refractivity contribution in [2.24, 2.45) is 16.5 Å². The first-order chi connectivity index (χ1) is 10.2. The van der Waals surface area contributed by atoms with Gasteiger partial charge in [-0.3, -0.25) is 4.99 Å². The van der Waals surface area contributed by atoms with E-state index in [2.05, 4.69) is 27.2 Å². The Bertz CT molecular complexity index is 607. The van der Waals surface area contributed by atoms with Crippen LogP contribution in [0.25, 0.3) is 11.4 Å². The molecule has 2 aromatic heterocycles. The Balaban J connectivity index is 2.05. The van der Waals surface area contributed by atoms with Crippen molar-refractivity contribution in [3.05, 3.63) is 29.3 Å². The van der Waals surface area contributed by atoms with Crippen LogP contribution in [-0.2, 0) is 6.54 Å². The smallest absolute Gasteiger partial charge is 0.194 e. The van der Waals surface area contributed by atoms with Crippen LogP contribution >= 0.6 is 11.3 Å². The lowest BCUT2D eigenvalue weighted by Crippen LogP contribution is -2.22. The van der Waals surface area contributed by atoms with Crippen molar-refractivity contribution in [1.29, 1.82) is 0 Å². The van der Waals surface area contributed by atoms with E-state index < -0.39 is 0 Å². The predicted octanol–water partition coefficient (Wildman–Crippen LogP) is 2.19. The largest absolute Gasteiger partial charge is 0.370 e. The van der Waals surface area contributed by atoms with Crippen molar-refractivity contribution >= 4 is 22.4 Å². The van der Waals surface area contributed by atoms with E-state index >= 15 is 0 Å². The molecular weight excluding hydrogens is 284 g/mol. The van der Waals surface area contributed by atoms with Gasteiger partial charge in [0.2, 0.25) is 0 Å². The zero-order valence-corrected chi connectivity index (χ0v) is 12.9. The number of rotatable bonds is 6. The number of aliphatic imine (C=N–C) groups is 1. The molecule has 0 aliphatic carbocycles. The summed E-state index contributed by atoms with van der Waals surface area (Å²) in [5.74, 6) is 0.396. The number of guanidine groups is 1. The van der Waals surface area contributed by atoms with E-state index in [4.69, 9.17) is 11.5 Å². The van der Waals surface area contributed by atoms with Gasteiger partial charge in [0, 0.05) is 18.5 Å². The molecule has 0 amide bonds. The Hall–Kier alpha value is -1.99. The first kappa shape index (κ1) is 15.4. The van der Waals surface area contributed by atoms with Crippen molar-refractivity contribution in [1.82, 2.24) is 9.97 Å². The molecule has 0 unspecified atom stereocenters. The van der Waals surface area contributed by atoms with Crippen LogP contribution in [0.4, 0.5) is 5.13 Å². The second-order valence-electron chi connectivity index (χ2n) is 4.50. The van der Waals surface area contributed by atoms with Crippen LogP contribution in [0.1, 0.15) is 25.5 Å². The number of nitrogens with zero attached hydrogens (tertiary/aromatic N) is 3. The molecule has 0 aliphatic rings. The Morgan fingerprint density at radius 2 is 2.19 bits per heavy atom. The van der Waals surface area contributed by atoms with E-state index in [0.717, 1.165) is 36.5 Å². The van der Waals surface area contributed by atoms with Gasteiger partial charge in [0.1, 0.15) is 5.69 Å².